The quantitative estimate of drug-likeness (QED) is 0.161. The molecule has 156 valence electrons. The van der Waals surface area contributed by atoms with E-state index in [0.29, 0.717) is 18.1 Å². The molecule has 0 aromatic heterocycles. The van der Waals surface area contributed by atoms with Crippen molar-refractivity contribution in [1.82, 2.24) is 0 Å². The van der Waals surface area contributed by atoms with Crippen LogP contribution in [0.5, 0.6) is 5.75 Å². The van der Waals surface area contributed by atoms with E-state index in [0.717, 1.165) is 18.6 Å². The molecule has 1 aromatic carbocycles. The molecular weight excluding hydrogens is 348 g/mol. The maximum absolute atomic E-state index is 11.3. The molecule has 0 saturated carbocycles. The van der Waals surface area contributed by atoms with Gasteiger partial charge in [0.1, 0.15) is 11.5 Å². The van der Waals surface area contributed by atoms with Crippen LogP contribution in [0.15, 0.2) is 49.3 Å². The fraction of sp³-hybridized carbons (Fsp3) is 0.560. The number of benzene rings is 1. The van der Waals surface area contributed by atoms with E-state index in [9.17, 15) is 4.79 Å². The fourth-order valence-corrected chi connectivity index (χ4v) is 4.07. The van der Waals surface area contributed by atoms with Gasteiger partial charge in [-0.1, -0.05) is 71.2 Å². The van der Waals surface area contributed by atoms with Gasteiger partial charge in [0.15, 0.2) is 0 Å². The number of ether oxygens (including phenoxy) is 2. The predicted molar refractivity (Wildman–Crippen MR) is 117 cm³/mol. The highest BCUT2D eigenvalue weighted by Crippen LogP contribution is 2.42. The Kier molecular flexibility index (Phi) is 10.1. The van der Waals surface area contributed by atoms with E-state index in [1.165, 1.54) is 31.7 Å². The zero-order valence-electron chi connectivity index (χ0n) is 18.4. The first-order chi connectivity index (χ1) is 13.3. The van der Waals surface area contributed by atoms with E-state index in [1.54, 1.807) is 7.11 Å². The first-order valence-corrected chi connectivity index (χ1v) is 10.4. The summed E-state index contributed by atoms with van der Waals surface area (Å²) in [6, 6.07) is 8.27. The van der Waals surface area contributed by atoms with Gasteiger partial charge in [0, 0.05) is 13.3 Å². The summed E-state index contributed by atoms with van der Waals surface area (Å²) >= 11 is 0. The highest BCUT2D eigenvalue weighted by molar-refractivity contribution is 5.67. The minimum absolute atomic E-state index is 0.111. The summed E-state index contributed by atoms with van der Waals surface area (Å²) < 4.78 is 10.6. The molecule has 0 spiro atoms. The molecule has 1 rings (SSSR count). The molecule has 2 atom stereocenters. The van der Waals surface area contributed by atoms with Gasteiger partial charge in [-0.25, -0.2) is 0 Å². The number of hydrogen-bond donors (Lipinski definition) is 0. The minimum atomic E-state index is -0.306. The summed E-state index contributed by atoms with van der Waals surface area (Å²) in [6.45, 7) is 16.3. The first kappa shape index (κ1) is 24.0. The highest BCUT2D eigenvalue weighted by atomic mass is 16.5. The largest absolute Gasteiger partial charge is 0.497 e. The second-order valence-corrected chi connectivity index (χ2v) is 8.16. The van der Waals surface area contributed by atoms with Crippen molar-refractivity contribution in [3.8, 4) is 5.75 Å². The van der Waals surface area contributed by atoms with Gasteiger partial charge < -0.3 is 9.47 Å². The van der Waals surface area contributed by atoms with E-state index in [-0.39, 0.29) is 17.3 Å². The molecule has 3 nitrogen and oxygen atoms in total. The van der Waals surface area contributed by atoms with Crippen LogP contribution in [0, 0.1) is 11.8 Å². The second kappa shape index (κ2) is 11.7. The van der Waals surface area contributed by atoms with Crippen LogP contribution in [0.4, 0.5) is 0 Å². The monoisotopic (exact) mass is 386 g/mol. The van der Waals surface area contributed by atoms with Crippen LogP contribution in [0.1, 0.15) is 71.8 Å². The van der Waals surface area contributed by atoms with Crippen LogP contribution in [0.25, 0.3) is 0 Å². The van der Waals surface area contributed by atoms with Gasteiger partial charge in [-0.05, 0) is 41.4 Å². The summed E-state index contributed by atoms with van der Waals surface area (Å²) in [5.74, 6) is 1.65. The number of rotatable bonds is 13. The normalized spacial score (nSPS) is 13.5. The van der Waals surface area contributed by atoms with Gasteiger partial charge in [-0.2, -0.15) is 0 Å². The summed E-state index contributed by atoms with van der Waals surface area (Å²) in [4.78, 5) is 11.3. The van der Waals surface area contributed by atoms with Gasteiger partial charge in [0.25, 0.3) is 0 Å². The van der Waals surface area contributed by atoms with Gasteiger partial charge in [0.2, 0.25) is 0 Å². The van der Waals surface area contributed by atoms with E-state index in [4.69, 9.17) is 9.47 Å². The molecule has 0 fully saturated rings. The van der Waals surface area contributed by atoms with E-state index in [1.807, 2.05) is 12.1 Å². The van der Waals surface area contributed by atoms with Crippen LogP contribution in [0.3, 0.4) is 0 Å². The maximum Gasteiger partial charge on any atom is 0.307 e. The summed E-state index contributed by atoms with van der Waals surface area (Å²) in [5.41, 5.74) is 1.13. The number of esters is 1. The Labute approximate surface area is 171 Å². The van der Waals surface area contributed by atoms with Crippen molar-refractivity contribution < 1.29 is 14.3 Å². The third kappa shape index (κ3) is 7.18. The van der Waals surface area contributed by atoms with Crippen molar-refractivity contribution in [2.75, 3.05) is 7.11 Å². The smallest absolute Gasteiger partial charge is 0.307 e. The van der Waals surface area contributed by atoms with Crippen molar-refractivity contribution in [2.45, 2.75) is 71.6 Å². The molecule has 28 heavy (non-hydrogen) atoms. The van der Waals surface area contributed by atoms with Crippen LogP contribution in [-0.4, -0.2) is 13.1 Å². The lowest BCUT2D eigenvalue weighted by Crippen LogP contribution is -2.33. The first-order valence-electron chi connectivity index (χ1n) is 10.4. The Morgan fingerprint density at radius 1 is 1.18 bits per heavy atom. The fourth-order valence-electron chi connectivity index (χ4n) is 4.07. The lowest BCUT2D eigenvalue weighted by Gasteiger charge is -2.39. The molecule has 0 amide bonds. The second-order valence-electron chi connectivity index (χ2n) is 8.16. The van der Waals surface area contributed by atoms with Gasteiger partial charge in [0.05, 0.1) is 7.11 Å². The average Bonchev–Trinajstić information content (AvgIpc) is 2.64. The van der Waals surface area contributed by atoms with Crippen LogP contribution >= 0.6 is 0 Å². The van der Waals surface area contributed by atoms with Crippen LogP contribution < -0.4 is 4.74 Å². The van der Waals surface area contributed by atoms with Gasteiger partial charge in [-0.15, -0.1) is 6.58 Å². The molecule has 0 aliphatic carbocycles. The number of methoxy groups -OCH3 is 1. The molecule has 0 aliphatic heterocycles. The van der Waals surface area contributed by atoms with E-state index in [2.05, 4.69) is 52.1 Å². The van der Waals surface area contributed by atoms with Crippen molar-refractivity contribution in [3.05, 3.63) is 54.8 Å². The Balaban J connectivity index is 3.06. The number of allylic oxidation sites excluding steroid dienone is 2. The third-order valence-electron chi connectivity index (χ3n) is 5.64. The number of carbonyl (C=O) groups is 1. The Morgan fingerprint density at radius 3 is 2.32 bits per heavy atom. The number of unbranched alkanes of at least 4 members (excludes halogenated alkanes) is 3. The third-order valence-corrected chi connectivity index (χ3v) is 5.64. The maximum atomic E-state index is 11.3. The molecule has 0 aliphatic rings. The molecule has 0 bridgehead atoms. The zero-order chi connectivity index (χ0) is 21.2. The SMILES string of the molecule is C=C[C@H]([C@@H](CCCCCC)CC(=C)OC(C)=O)C(C)(C)c1ccc(OC)cc1. The molecule has 0 radical (unpaired) electrons. The summed E-state index contributed by atoms with van der Waals surface area (Å²) in [5, 5.41) is 0. The standard InChI is InChI=1S/C25H38O3/c1-8-10-11-12-13-21(18-19(3)28-20(4)26)24(9-2)25(5,6)22-14-16-23(27-7)17-15-22/h9,14-17,21,24H,2-3,8,10-13,18H2,1,4-7H3/t21-,24+/m0/s1. The predicted octanol–water partition coefficient (Wildman–Crippen LogP) is 6.83. The molecule has 0 heterocycles. The van der Waals surface area contributed by atoms with E-state index < -0.39 is 0 Å². The van der Waals surface area contributed by atoms with E-state index >= 15 is 0 Å². The van der Waals surface area contributed by atoms with Crippen molar-refractivity contribution in [3.63, 3.8) is 0 Å². The lowest BCUT2D eigenvalue weighted by atomic mass is 9.66. The molecule has 0 unspecified atom stereocenters. The van der Waals surface area contributed by atoms with Gasteiger partial charge in [-0.3, -0.25) is 4.79 Å². The average molecular weight is 387 g/mol. The topological polar surface area (TPSA) is 35.5 Å². The molecule has 0 saturated heterocycles. The van der Waals surface area contributed by atoms with Crippen LogP contribution in [-0.2, 0) is 14.9 Å². The molecular formula is C25H38O3. The zero-order valence-corrected chi connectivity index (χ0v) is 18.4. The van der Waals surface area contributed by atoms with Crippen LogP contribution in [0.2, 0.25) is 0 Å². The minimum Gasteiger partial charge on any atom is -0.497 e. The molecule has 1 aromatic rings. The Morgan fingerprint density at radius 2 is 1.82 bits per heavy atom. The highest BCUT2D eigenvalue weighted by Gasteiger charge is 2.35. The van der Waals surface area contributed by atoms with Crippen molar-refractivity contribution in [2.24, 2.45) is 11.8 Å². The van der Waals surface area contributed by atoms with Gasteiger partial charge >= 0.3 is 5.97 Å². The Bertz CT molecular complexity index is 628. The summed E-state index contributed by atoms with van der Waals surface area (Å²) in [6.07, 6.45) is 8.65. The van der Waals surface area contributed by atoms with Crippen molar-refractivity contribution >= 4 is 5.97 Å². The Hall–Kier alpha value is -2.03. The summed E-state index contributed by atoms with van der Waals surface area (Å²) in [7, 11) is 1.68. The lowest BCUT2D eigenvalue weighted by molar-refractivity contribution is -0.137. The number of hydrogen-bond acceptors (Lipinski definition) is 3. The molecule has 3 heteroatoms. The molecule has 0 N–H and O–H groups in total. The number of carbonyl (C=O) groups excluding carboxylic acids is 1. The van der Waals surface area contributed by atoms with Crippen molar-refractivity contribution in [1.29, 1.82) is 0 Å².